The fourth-order valence-corrected chi connectivity index (χ4v) is 6.03. The van der Waals surface area contributed by atoms with Gasteiger partial charge in [0.2, 0.25) is 5.69 Å². The molecule has 0 saturated carbocycles. The molecule has 1 heteroatoms. The van der Waals surface area contributed by atoms with Crippen molar-refractivity contribution in [3.8, 4) is 27.9 Å². The van der Waals surface area contributed by atoms with Gasteiger partial charge in [-0.3, -0.25) is 0 Å². The quantitative estimate of drug-likeness (QED) is 0.233. The number of aromatic nitrogens is 1. The minimum absolute atomic E-state index is 0.149. The van der Waals surface area contributed by atoms with Crippen LogP contribution in [0.4, 0.5) is 0 Å². The van der Waals surface area contributed by atoms with E-state index < -0.39 is 0 Å². The van der Waals surface area contributed by atoms with Gasteiger partial charge >= 0.3 is 0 Å². The molecule has 1 aliphatic carbocycles. The van der Waals surface area contributed by atoms with Crippen LogP contribution in [0.2, 0.25) is 0 Å². The summed E-state index contributed by atoms with van der Waals surface area (Å²) in [5.41, 5.74) is 14.0. The normalized spacial score (nSPS) is 13.5. The van der Waals surface area contributed by atoms with Gasteiger partial charge in [0.15, 0.2) is 11.4 Å². The van der Waals surface area contributed by atoms with E-state index in [2.05, 4.69) is 116 Å². The molecule has 7 rings (SSSR count). The van der Waals surface area contributed by atoms with Crippen molar-refractivity contribution < 1.29 is 4.57 Å². The summed E-state index contributed by atoms with van der Waals surface area (Å²) in [4.78, 5) is 0. The Bertz CT molecular complexity index is 1610. The third kappa shape index (κ3) is 2.77. The highest BCUT2D eigenvalue weighted by Gasteiger charge is 2.37. The molecule has 0 amide bonds. The molecule has 34 heavy (non-hydrogen) atoms. The van der Waals surface area contributed by atoms with Gasteiger partial charge in [0.1, 0.15) is 0 Å². The van der Waals surface area contributed by atoms with Crippen LogP contribution in [0, 0.1) is 0 Å². The van der Waals surface area contributed by atoms with Crippen LogP contribution in [0.3, 0.4) is 0 Å². The molecule has 2 aliphatic rings. The van der Waals surface area contributed by atoms with Gasteiger partial charge in [-0.1, -0.05) is 87.5 Å². The largest absolute Gasteiger partial charge is 0.214 e. The van der Waals surface area contributed by atoms with Crippen LogP contribution < -0.4 is 4.57 Å². The van der Waals surface area contributed by atoms with E-state index in [9.17, 15) is 0 Å². The molecule has 0 spiro atoms. The molecule has 4 aromatic carbocycles. The molecular weight excluding hydrogens is 410 g/mol. The highest BCUT2D eigenvalue weighted by molar-refractivity contribution is 6.06. The van der Waals surface area contributed by atoms with Crippen molar-refractivity contribution in [2.45, 2.75) is 39.0 Å². The molecule has 0 bridgehead atoms. The fourth-order valence-electron chi connectivity index (χ4n) is 6.03. The van der Waals surface area contributed by atoms with E-state index in [1.807, 2.05) is 0 Å². The Morgan fingerprint density at radius 2 is 1.44 bits per heavy atom. The predicted molar refractivity (Wildman–Crippen MR) is 141 cm³/mol. The number of fused-ring (bicyclic) bond motifs is 8. The topological polar surface area (TPSA) is 3.88 Å². The Morgan fingerprint density at radius 1 is 0.676 bits per heavy atom. The lowest BCUT2D eigenvalue weighted by Gasteiger charge is -2.20. The van der Waals surface area contributed by atoms with Crippen molar-refractivity contribution in [1.82, 2.24) is 0 Å². The smallest absolute Gasteiger partial charge is 0.160 e. The first-order valence-corrected chi connectivity index (χ1v) is 12.3. The second-order valence-corrected chi connectivity index (χ2v) is 10.8. The van der Waals surface area contributed by atoms with E-state index >= 15 is 0 Å². The summed E-state index contributed by atoms with van der Waals surface area (Å²) < 4.78 is 2.53. The van der Waals surface area contributed by atoms with Crippen molar-refractivity contribution in [1.29, 1.82) is 0 Å². The average Bonchev–Trinajstić information content (AvgIpc) is 3.40. The lowest BCUT2D eigenvalue weighted by Crippen LogP contribution is -2.36. The zero-order valence-corrected chi connectivity index (χ0v) is 20.0. The molecule has 5 aromatic rings. The zero-order chi connectivity index (χ0) is 23.0. The van der Waals surface area contributed by atoms with Crippen LogP contribution in [0.15, 0.2) is 91.0 Å². The van der Waals surface area contributed by atoms with Crippen LogP contribution >= 0.6 is 0 Å². The Hall–Kier alpha value is -3.71. The maximum absolute atomic E-state index is 2.53. The molecule has 0 radical (unpaired) electrons. The highest BCUT2D eigenvalue weighted by atomic mass is 15.0. The standard InChI is InChI=1S/C33H28N/c1-33(2,3)25-14-12-21(13-15-25)31-27-10-6-4-8-22(27)18-24-20-30-28(32(24)31)17-16-26-19-23-9-5-7-11-29(23)34(26)30/h4-18H,19-20H2,1-3H3/q+1. The summed E-state index contributed by atoms with van der Waals surface area (Å²) in [6.07, 6.45) is 1.99. The molecule has 1 nitrogen and oxygen atoms in total. The molecule has 0 saturated heterocycles. The summed E-state index contributed by atoms with van der Waals surface area (Å²) in [7, 11) is 0. The molecule has 0 fully saturated rings. The molecule has 0 unspecified atom stereocenters. The minimum Gasteiger partial charge on any atom is -0.160 e. The van der Waals surface area contributed by atoms with Gasteiger partial charge in [-0.25, -0.2) is 0 Å². The molecule has 1 aromatic heterocycles. The van der Waals surface area contributed by atoms with Gasteiger partial charge in [-0.2, -0.15) is 4.57 Å². The van der Waals surface area contributed by atoms with Crippen LogP contribution in [0.25, 0.3) is 38.7 Å². The summed E-state index contributed by atoms with van der Waals surface area (Å²) in [5.74, 6) is 0. The SMILES string of the molecule is CC(C)(C)c1ccc(-c2c3c(cc4ccccc24)Cc2c-3ccc3[n+]2-c2ccccc2C3)cc1. The first-order valence-electron chi connectivity index (χ1n) is 12.3. The number of para-hydroxylation sites is 1. The van der Waals surface area contributed by atoms with Gasteiger partial charge in [0.25, 0.3) is 0 Å². The van der Waals surface area contributed by atoms with Crippen molar-refractivity contribution >= 4 is 10.8 Å². The Kier molecular flexibility index (Phi) is 4.00. The number of hydrogen-bond acceptors (Lipinski definition) is 0. The first-order chi connectivity index (χ1) is 16.5. The van der Waals surface area contributed by atoms with Gasteiger partial charge in [0.05, 0.1) is 18.4 Å². The first kappa shape index (κ1) is 19.7. The van der Waals surface area contributed by atoms with Crippen molar-refractivity contribution in [3.63, 3.8) is 0 Å². The average molecular weight is 439 g/mol. The maximum Gasteiger partial charge on any atom is 0.214 e. The van der Waals surface area contributed by atoms with Crippen LogP contribution in [-0.2, 0) is 18.3 Å². The van der Waals surface area contributed by atoms with Gasteiger partial charge in [0, 0.05) is 23.3 Å². The third-order valence-corrected chi connectivity index (χ3v) is 7.71. The van der Waals surface area contributed by atoms with E-state index in [0.717, 1.165) is 12.8 Å². The molecule has 0 atom stereocenters. The molecule has 2 heterocycles. The monoisotopic (exact) mass is 438 g/mol. The zero-order valence-electron chi connectivity index (χ0n) is 20.0. The molecule has 164 valence electrons. The van der Waals surface area contributed by atoms with Crippen LogP contribution in [-0.4, -0.2) is 0 Å². The number of rotatable bonds is 1. The Labute approximate surface area is 201 Å². The Morgan fingerprint density at radius 3 is 2.26 bits per heavy atom. The number of pyridine rings is 1. The van der Waals surface area contributed by atoms with E-state index in [1.54, 1.807) is 0 Å². The maximum atomic E-state index is 2.53. The van der Waals surface area contributed by atoms with Crippen LogP contribution in [0.1, 0.15) is 48.8 Å². The second-order valence-electron chi connectivity index (χ2n) is 10.8. The number of nitrogens with zero attached hydrogens (tertiary/aromatic N) is 1. The van der Waals surface area contributed by atoms with Crippen LogP contribution in [0.5, 0.6) is 0 Å². The van der Waals surface area contributed by atoms with Gasteiger partial charge in [-0.15, -0.1) is 0 Å². The summed E-state index contributed by atoms with van der Waals surface area (Å²) in [6.45, 7) is 6.84. The summed E-state index contributed by atoms with van der Waals surface area (Å²) >= 11 is 0. The minimum atomic E-state index is 0.149. The number of hydrogen-bond donors (Lipinski definition) is 0. The van der Waals surface area contributed by atoms with E-state index in [4.69, 9.17) is 0 Å². The van der Waals surface area contributed by atoms with Crippen molar-refractivity contribution in [3.05, 3.63) is 119 Å². The van der Waals surface area contributed by atoms with Crippen molar-refractivity contribution in [2.75, 3.05) is 0 Å². The van der Waals surface area contributed by atoms with E-state index in [-0.39, 0.29) is 5.41 Å². The van der Waals surface area contributed by atoms with Crippen molar-refractivity contribution in [2.24, 2.45) is 0 Å². The predicted octanol–water partition coefficient (Wildman–Crippen LogP) is 7.56. The lowest BCUT2D eigenvalue weighted by molar-refractivity contribution is -0.604. The summed E-state index contributed by atoms with van der Waals surface area (Å²) in [5, 5.41) is 2.66. The fraction of sp³-hybridized carbons (Fsp3) is 0.182. The van der Waals surface area contributed by atoms with E-state index in [0.29, 0.717) is 0 Å². The lowest BCUT2D eigenvalue weighted by atomic mass is 9.84. The number of benzene rings is 4. The second kappa shape index (κ2) is 6.90. The third-order valence-electron chi connectivity index (χ3n) is 7.71. The molecule has 0 N–H and O–H groups in total. The Balaban J connectivity index is 1.51. The summed E-state index contributed by atoms with van der Waals surface area (Å²) in [6, 6.07) is 34.2. The molecule has 1 aliphatic heterocycles. The highest BCUT2D eigenvalue weighted by Crippen LogP contribution is 2.47. The van der Waals surface area contributed by atoms with Gasteiger partial charge < -0.3 is 0 Å². The van der Waals surface area contributed by atoms with Gasteiger partial charge in [-0.05, 0) is 50.6 Å². The molecular formula is C33H28N+. The van der Waals surface area contributed by atoms with E-state index in [1.165, 1.54) is 66.8 Å².